The maximum atomic E-state index is 11.2. The highest BCUT2D eigenvalue weighted by Crippen LogP contribution is 2.40. The van der Waals surface area contributed by atoms with Crippen molar-refractivity contribution in [3.63, 3.8) is 0 Å². The van der Waals surface area contributed by atoms with Gasteiger partial charge in [0.05, 0.1) is 12.2 Å². The minimum atomic E-state index is -0.637. The fourth-order valence-electron chi connectivity index (χ4n) is 1.62. The van der Waals surface area contributed by atoms with Gasteiger partial charge in [-0.05, 0) is 23.9 Å². The predicted octanol–water partition coefficient (Wildman–Crippen LogP) is 1.06. The predicted molar refractivity (Wildman–Crippen MR) is 57.1 cm³/mol. The van der Waals surface area contributed by atoms with Crippen LogP contribution in [-0.2, 0) is 9.59 Å². The number of carbonyl (C=O) groups is 2. The first-order valence-electron chi connectivity index (χ1n) is 4.46. The van der Waals surface area contributed by atoms with Crippen molar-refractivity contribution in [3.05, 3.63) is 24.3 Å². The molecule has 1 amide bonds. The van der Waals surface area contributed by atoms with Crippen molar-refractivity contribution < 1.29 is 9.59 Å². The Balaban J connectivity index is 2.13. The fourth-order valence-corrected chi connectivity index (χ4v) is 2.65. The molecule has 0 saturated heterocycles. The van der Waals surface area contributed by atoms with Gasteiger partial charge in [-0.25, -0.2) is 0 Å². The highest BCUT2D eigenvalue weighted by Gasteiger charge is 2.34. The second-order valence-electron chi connectivity index (χ2n) is 3.28. The van der Waals surface area contributed by atoms with Crippen LogP contribution < -0.4 is 4.90 Å². The SMILES string of the molecule is O=C1CN2C(=NC1=O)Sc1ccccc12. The Kier molecular flexibility index (Phi) is 1.70. The van der Waals surface area contributed by atoms with Crippen LogP contribution in [0.15, 0.2) is 34.2 Å². The number of fused-ring (bicyclic) bond motifs is 3. The maximum absolute atomic E-state index is 11.2. The normalized spacial score (nSPS) is 18.7. The first-order valence-corrected chi connectivity index (χ1v) is 5.27. The van der Waals surface area contributed by atoms with Crippen LogP contribution in [0.5, 0.6) is 0 Å². The molecule has 2 aliphatic rings. The Morgan fingerprint density at radius 2 is 2.07 bits per heavy atom. The lowest BCUT2D eigenvalue weighted by molar-refractivity contribution is -0.135. The van der Waals surface area contributed by atoms with Gasteiger partial charge in [0.2, 0.25) is 5.78 Å². The van der Waals surface area contributed by atoms with Crippen LogP contribution in [0.1, 0.15) is 0 Å². The van der Waals surface area contributed by atoms with E-state index in [9.17, 15) is 9.59 Å². The van der Waals surface area contributed by atoms with Crippen molar-refractivity contribution in [2.24, 2.45) is 4.99 Å². The van der Waals surface area contributed by atoms with E-state index in [1.165, 1.54) is 11.8 Å². The van der Waals surface area contributed by atoms with E-state index < -0.39 is 11.7 Å². The van der Waals surface area contributed by atoms with Crippen LogP contribution in [0.25, 0.3) is 0 Å². The number of thioether (sulfide) groups is 1. The number of ketones is 1. The zero-order valence-electron chi connectivity index (χ0n) is 7.64. The molecule has 0 atom stereocenters. The summed E-state index contributed by atoms with van der Waals surface area (Å²) in [6, 6.07) is 7.71. The summed E-state index contributed by atoms with van der Waals surface area (Å²) in [5, 5.41) is 0.612. The minimum absolute atomic E-state index is 0.113. The molecule has 74 valence electrons. The van der Waals surface area contributed by atoms with Gasteiger partial charge >= 0.3 is 5.91 Å². The summed E-state index contributed by atoms with van der Waals surface area (Å²) < 4.78 is 0. The van der Waals surface area contributed by atoms with Gasteiger partial charge in [0.25, 0.3) is 0 Å². The summed E-state index contributed by atoms with van der Waals surface area (Å²) in [5.41, 5.74) is 0.960. The number of aliphatic imine (C=N–C) groups is 1. The molecule has 0 N–H and O–H groups in total. The number of hydrogen-bond acceptors (Lipinski definition) is 4. The summed E-state index contributed by atoms with van der Waals surface area (Å²) in [4.78, 5) is 28.9. The number of amides is 1. The van der Waals surface area contributed by atoms with Crippen molar-refractivity contribution in [1.82, 2.24) is 0 Å². The summed E-state index contributed by atoms with van der Waals surface area (Å²) in [5.74, 6) is -1.09. The summed E-state index contributed by atoms with van der Waals surface area (Å²) in [6.07, 6.45) is 0. The first kappa shape index (κ1) is 8.67. The van der Waals surface area contributed by atoms with Crippen molar-refractivity contribution in [3.8, 4) is 0 Å². The number of Topliss-reactive ketones (excluding diaryl/α,β-unsaturated/α-hetero) is 1. The van der Waals surface area contributed by atoms with Crippen LogP contribution >= 0.6 is 11.8 Å². The van der Waals surface area contributed by atoms with Gasteiger partial charge in [-0.2, -0.15) is 4.99 Å². The number of para-hydroxylation sites is 1. The number of amidine groups is 1. The van der Waals surface area contributed by atoms with Crippen molar-refractivity contribution in [2.45, 2.75) is 4.90 Å². The average molecular weight is 218 g/mol. The van der Waals surface area contributed by atoms with Gasteiger partial charge in [0.1, 0.15) is 0 Å². The molecule has 2 heterocycles. The maximum Gasteiger partial charge on any atom is 0.317 e. The average Bonchev–Trinajstić information content (AvgIpc) is 2.57. The van der Waals surface area contributed by atoms with Crippen molar-refractivity contribution >= 4 is 34.3 Å². The molecule has 0 saturated carbocycles. The van der Waals surface area contributed by atoms with E-state index in [1.54, 1.807) is 4.90 Å². The number of hydrogen-bond donors (Lipinski definition) is 0. The molecule has 0 unspecified atom stereocenters. The monoisotopic (exact) mass is 218 g/mol. The van der Waals surface area contributed by atoms with Gasteiger partial charge in [0, 0.05) is 4.90 Å². The molecule has 1 aromatic carbocycles. The lowest BCUT2D eigenvalue weighted by Gasteiger charge is -2.20. The number of rotatable bonds is 0. The second-order valence-corrected chi connectivity index (χ2v) is 4.29. The third kappa shape index (κ3) is 1.20. The van der Waals surface area contributed by atoms with E-state index in [2.05, 4.69) is 4.99 Å². The molecular formula is C10H6N2O2S. The van der Waals surface area contributed by atoms with Crippen LogP contribution in [-0.4, -0.2) is 23.4 Å². The van der Waals surface area contributed by atoms with Gasteiger partial charge in [0.15, 0.2) is 5.17 Å². The Hall–Kier alpha value is -1.62. The molecule has 1 aromatic rings. The Bertz CT molecular complexity index is 510. The van der Waals surface area contributed by atoms with Crippen LogP contribution in [0, 0.1) is 0 Å². The zero-order valence-corrected chi connectivity index (χ0v) is 8.45. The fraction of sp³-hybridized carbons (Fsp3) is 0.100. The van der Waals surface area contributed by atoms with Gasteiger partial charge in [-0.15, -0.1) is 0 Å². The highest BCUT2D eigenvalue weighted by atomic mass is 32.2. The highest BCUT2D eigenvalue weighted by molar-refractivity contribution is 8.14. The quantitative estimate of drug-likeness (QED) is 0.611. The molecule has 0 fully saturated rings. The molecule has 0 spiro atoms. The lowest BCUT2D eigenvalue weighted by atomic mass is 10.2. The molecule has 2 aliphatic heterocycles. The van der Waals surface area contributed by atoms with Gasteiger partial charge in [-0.1, -0.05) is 12.1 Å². The standard InChI is InChI=1S/C10H6N2O2S/c13-7-5-12-6-3-1-2-4-8(6)15-10(12)11-9(7)14/h1-4H,5H2. The number of anilines is 1. The molecule has 4 nitrogen and oxygen atoms in total. The smallest absolute Gasteiger partial charge is 0.311 e. The van der Waals surface area contributed by atoms with Crippen LogP contribution in [0.3, 0.4) is 0 Å². The molecule has 3 rings (SSSR count). The number of benzene rings is 1. The zero-order chi connectivity index (χ0) is 10.4. The summed E-state index contributed by atoms with van der Waals surface area (Å²) in [6.45, 7) is 0.113. The molecule has 0 bridgehead atoms. The van der Waals surface area contributed by atoms with Gasteiger partial charge < -0.3 is 4.90 Å². The molecule has 0 radical (unpaired) electrons. The van der Waals surface area contributed by atoms with E-state index in [-0.39, 0.29) is 6.54 Å². The van der Waals surface area contributed by atoms with Crippen molar-refractivity contribution in [1.29, 1.82) is 0 Å². The Labute approximate surface area is 90.0 Å². The van der Waals surface area contributed by atoms with Crippen LogP contribution in [0.2, 0.25) is 0 Å². The second kappa shape index (κ2) is 2.93. The first-order chi connectivity index (χ1) is 7.25. The topological polar surface area (TPSA) is 49.7 Å². The van der Waals surface area contributed by atoms with Crippen LogP contribution in [0.4, 0.5) is 5.69 Å². The molecule has 0 aromatic heterocycles. The third-order valence-electron chi connectivity index (χ3n) is 2.33. The van der Waals surface area contributed by atoms with E-state index in [1.807, 2.05) is 24.3 Å². The minimum Gasteiger partial charge on any atom is -0.311 e. The summed E-state index contributed by atoms with van der Waals surface area (Å²) in [7, 11) is 0. The lowest BCUT2D eigenvalue weighted by Crippen LogP contribution is -2.39. The van der Waals surface area contributed by atoms with E-state index in [4.69, 9.17) is 0 Å². The largest absolute Gasteiger partial charge is 0.317 e. The van der Waals surface area contributed by atoms with E-state index >= 15 is 0 Å². The molecular weight excluding hydrogens is 212 g/mol. The van der Waals surface area contributed by atoms with Crippen molar-refractivity contribution in [2.75, 3.05) is 11.4 Å². The van der Waals surface area contributed by atoms with E-state index in [0.29, 0.717) is 5.17 Å². The molecule has 5 heteroatoms. The van der Waals surface area contributed by atoms with E-state index in [0.717, 1.165) is 10.6 Å². The number of nitrogens with zero attached hydrogens (tertiary/aromatic N) is 2. The molecule has 0 aliphatic carbocycles. The Morgan fingerprint density at radius 1 is 1.27 bits per heavy atom. The number of carbonyl (C=O) groups excluding carboxylic acids is 2. The summed E-state index contributed by atoms with van der Waals surface area (Å²) >= 11 is 1.43. The van der Waals surface area contributed by atoms with Gasteiger partial charge in [-0.3, -0.25) is 9.59 Å². The third-order valence-corrected chi connectivity index (χ3v) is 3.39. The molecule has 15 heavy (non-hydrogen) atoms. The Morgan fingerprint density at radius 3 is 2.93 bits per heavy atom.